The molecule has 0 aliphatic carbocycles. The summed E-state index contributed by atoms with van der Waals surface area (Å²) >= 11 is 5.85. The van der Waals surface area contributed by atoms with E-state index in [-0.39, 0.29) is 29.6 Å². The lowest BCUT2D eigenvalue weighted by Gasteiger charge is -2.17. The first-order valence-electron chi connectivity index (χ1n) is 11.9. The number of hydrogen-bond acceptors (Lipinski definition) is 6. The molecule has 3 rings (SSSR count). The molecule has 1 atom stereocenters. The normalized spacial score (nSPS) is 15.3. The Balaban J connectivity index is 1.51. The van der Waals surface area contributed by atoms with E-state index in [0.29, 0.717) is 23.9 Å². The van der Waals surface area contributed by atoms with Gasteiger partial charge in [-0.1, -0.05) is 31.4 Å². The van der Waals surface area contributed by atoms with E-state index >= 15 is 0 Å². The molecule has 0 radical (unpaired) electrons. The highest BCUT2D eigenvalue weighted by Crippen LogP contribution is 2.34. The summed E-state index contributed by atoms with van der Waals surface area (Å²) in [5, 5.41) is 2.06. The summed E-state index contributed by atoms with van der Waals surface area (Å²) in [5.41, 5.74) is -0.474. The lowest BCUT2D eigenvalue weighted by atomic mass is 10.1. The zero-order chi connectivity index (χ0) is 27.9. The highest BCUT2D eigenvalue weighted by molar-refractivity contribution is 6.33. The van der Waals surface area contributed by atoms with Crippen molar-refractivity contribution in [3.05, 3.63) is 58.6 Å². The third-order valence-corrected chi connectivity index (χ3v) is 6.10. The van der Waals surface area contributed by atoms with Gasteiger partial charge in [0.15, 0.2) is 6.61 Å². The van der Waals surface area contributed by atoms with Crippen LogP contribution in [0.15, 0.2) is 42.5 Å². The highest BCUT2D eigenvalue weighted by Gasteiger charge is 2.36. The van der Waals surface area contributed by atoms with Gasteiger partial charge < -0.3 is 19.7 Å². The summed E-state index contributed by atoms with van der Waals surface area (Å²) in [5.74, 6) is -3.36. The van der Waals surface area contributed by atoms with E-state index in [2.05, 4.69) is 5.32 Å². The van der Waals surface area contributed by atoms with Crippen LogP contribution in [0.1, 0.15) is 48.5 Å². The van der Waals surface area contributed by atoms with E-state index in [1.54, 1.807) is 12.1 Å². The van der Waals surface area contributed by atoms with E-state index in [1.807, 2.05) is 6.92 Å². The van der Waals surface area contributed by atoms with E-state index in [4.69, 9.17) is 21.1 Å². The van der Waals surface area contributed by atoms with Crippen LogP contribution in [0.25, 0.3) is 0 Å². The number of anilines is 2. The Morgan fingerprint density at radius 2 is 1.79 bits per heavy atom. The second-order valence-electron chi connectivity index (χ2n) is 8.64. The molecule has 2 aromatic rings. The van der Waals surface area contributed by atoms with Crippen LogP contribution in [0.3, 0.4) is 0 Å². The summed E-state index contributed by atoms with van der Waals surface area (Å²) in [6.07, 6.45) is -2.04. The van der Waals surface area contributed by atoms with Crippen molar-refractivity contribution in [2.45, 2.75) is 38.8 Å². The van der Waals surface area contributed by atoms with Crippen molar-refractivity contribution in [2.24, 2.45) is 5.92 Å². The quantitative estimate of drug-likeness (QED) is 0.318. The number of hydrogen-bond donors (Lipinski definition) is 1. The second-order valence-corrected chi connectivity index (χ2v) is 9.05. The first-order chi connectivity index (χ1) is 18.0. The minimum absolute atomic E-state index is 0.000444. The van der Waals surface area contributed by atoms with Gasteiger partial charge in [0.25, 0.3) is 5.91 Å². The molecule has 38 heavy (non-hydrogen) atoms. The molecule has 1 saturated heterocycles. The Kier molecular flexibility index (Phi) is 9.73. The Bertz CT molecular complexity index is 1190. The van der Waals surface area contributed by atoms with E-state index in [1.165, 1.54) is 17.0 Å². The van der Waals surface area contributed by atoms with E-state index < -0.39 is 42.1 Å². The summed E-state index contributed by atoms with van der Waals surface area (Å²) in [6, 6.07) is 8.63. The average molecular weight is 555 g/mol. The number of esters is 2. The van der Waals surface area contributed by atoms with Crippen LogP contribution in [0.4, 0.5) is 24.5 Å². The van der Waals surface area contributed by atoms with Gasteiger partial charge in [-0.2, -0.15) is 13.2 Å². The Morgan fingerprint density at radius 3 is 2.45 bits per heavy atom. The predicted molar refractivity (Wildman–Crippen MR) is 133 cm³/mol. The number of carbonyl (C=O) groups is 4. The average Bonchev–Trinajstić information content (AvgIpc) is 3.27. The summed E-state index contributed by atoms with van der Waals surface area (Å²) in [4.78, 5) is 50.5. The Labute approximate surface area is 222 Å². The third kappa shape index (κ3) is 7.70. The summed E-state index contributed by atoms with van der Waals surface area (Å²) < 4.78 is 48.9. The number of nitrogens with one attached hydrogen (secondary N) is 1. The predicted octanol–water partition coefficient (Wildman–Crippen LogP) is 5.24. The standard InChI is InChI=1S/C26H26ClF3N2O6/c1-2-3-4-11-37-24(35)16-5-8-19(9-6-16)32-14-17(12-23(32)34)25(36)38-15-22(33)31-21-13-18(26(28,29)30)7-10-20(21)27/h5-10,13,17H,2-4,11-12,14-15H2,1H3,(H,31,33)/t17-/m0/s1. The van der Waals surface area contributed by atoms with Gasteiger partial charge in [-0.05, 0) is 48.9 Å². The molecule has 1 N–H and O–H groups in total. The van der Waals surface area contributed by atoms with Gasteiger partial charge in [-0.15, -0.1) is 0 Å². The number of carbonyl (C=O) groups excluding carboxylic acids is 4. The van der Waals surface area contributed by atoms with Crippen LogP contribution in [0.5, 0.6) is 0 Å². The fourth-order valence-corrected chi connectivity index (χ4v) is 3.90. The summed E-state index contributed by atoms with van der Waals surface area (Å²) in [6.45, 7) is 1.60. The second kappa shape index (κ2) is 12.8. The van der Waals surface area contributed by atoms with Gasteiger partial charge in [0.1, 0.15) is 0 Å². The van der Waals surface area contributed by atoms with Crippen molar-refractivity contribution >= 4 is 46.7 Å². The molecule has 12 heteroatoms. The van der Waals surface area contributed by atoms with Gasteiger partial charge in [0, 0.05) is 18.7 Å². The molecule has 204 valence electrons. The van der Waals surface area contributed by atoms with Crippen molar-refractivity contribution < 1.29 is 41.8 Å². The number of ether oxygens (including phenoxy) is 2. The van der Waals surface area contributed by atoms with Crippen molar-refractivity contribution in [1.29, 1.82) is 0 Å². The molecule has 0 bridgehead atoms. The topological polar surface area (TPSA) is 102 Å². The zero-order valence-electron chi connectivity index (χ0n) is 20.5. The minimum atomic E-state index is -4.63. The van der Waals surface area contributed by atoms with Crippen LogP contribution in [0, 0.1) is 5.92 Å². The molecule has 0 saturated carbocycles. The fraction of sp³-hybridized carbons (Fsp3) is 0.385. The van der Waals surface area contributed by atoms with Crippen LogP contribution in [-0.4, -0.2) is 43.5 Å². The van der Waals surface area contributed by atoms with Crippen LogP contribution in [-0.2, 0) is 30.0 Å². The summed E-state index contributed by atoms with van der Waals surface area (Å²) in [7, 11) is 0. The Hall–Kier alpha value is -3.60. The number of halogens is 4. The first-order valence-corrected chi connectivity index (χ1v) is 12.3. The van der Waals surface area contributed by atoms with Crippen molar-refractivity contribution in [3.63, 3.8) is 0 Å². The molecule has 1 heterocycles. The highest BCUT2D eigenvalue weighted by atomic mass is 35.5. The van der Waals surface area contributed by atoms with E-state index in [9.17, 15) is 32.3 Å². The number of rotatable bonds is 10. The van der Waals surface area contributed by atoms with Gasteiger partial charge in [0.05, 0.1) is 34.4 Å². The molecule has 8 nitrogen and oxygen atoms in total. The molecule has 2 aromatic carbocycles. The lowest BCUT2D eigenvalue weighted by molar-refractivity contribution is -0.151. The molecule has 1 fully saturated rings. The zero-order valence-corrected chi connectivity index (χ0v) is 21.2. The minimum Gasteiger partial charge on any atom is -0.462 e. The molecule has 1 aliphatic heterocycles. The smallest absolute Gasteiger partial charge is 0.416 e. The van der Waals surface area contributed by atoms with Crippen molar-refractivity contribution in [3.8, 4) is 0 Å². The van der Waals surface area contributed by atoms with Gasteiger partial charge >= 0.3 is 18.1 Å². The number of alkyl halides is 3. The molecule has 0 aromatic heterocycles. The van der Waals surface area contributed by atoms with Crippen molar-refractivity contribution in [1.82, 2.24) is 0 Å². The largest absolute Gasteiger partial charge is 0.462 e. The maximum Gasteiger partial charge on any atom is 0.416 e. The molecule has 1 aliphatic rings. The van der Waals surface area contributed by atoms with Crippen LogP contribution >= 0.6 is 11.6 Å². The van der Waals surface area contributed by atoms with E-state index in [0.717, 1.165) is 31.4 Å². The monoisotopic (exact) mass is 554 g/mol. The maximum atomic E-state index is 12.9. The number of nitrogens with zero attached hydrogens (tertiary/aromatic N) is 1. The van der Waals surface area contributed by atoms with Gasteiger partial charge in [-0.25, -0.2) is 4.79 Å². The molecule has 2 amide bonds. The molecular weight excluding hydrogens is 529 g/mol. The SMILES string of the molecule is CCCCCOC(=O)c1ccc(N2C[C@@H](C(=O)OCC(=O)Nc3cc(C(F)(F)F)ccc3Cl)CC2=O)cc1. The number of unbranched alkanes of at least 4 members (excludes halogenated alkanes) is 2. The maximum absolute atomic E-state index is 12.9. The lowest BCUT2D eigenvalue weighted by Crippen LogP contribution is -2.28. The van der Waals surface area contributed by atoms with Crippen molar-refractivity contribution in [2.75, 3.05) is 30.0 Å². The number of benzene rings is 2. The van der Waals surface area contributed by atoms with Crippen LogP contribution < -0.4 is 10.2 Å². The third-order valence-electron chi connectivity index (χ3n) is 5.77. The van der Waals surface area contributed by atoms with Gasteiger partial charge in [-0.3, -0.25) is 14.4 Å². The molecule has 0 unspecified atom stereocenters. The van der Waals surface area contributed by atoms with Crippen LogP contribution in [0.2, 0.25) is 5.02 Å². The molecule has 0 spiro atoms. The Morgan fingerprint density at radius 1 is 1.08 bits per heavy atom. The molecular formula is C26H26ClF3N2O6. The van der Waals surface area contributed by atoms with Gasteiger partial charge in [0.2, 0.25) is 5.91 Å². The first kappa shape index (κ1) is 29.0. The number of amides is 2. The fourth-order valence-electron chi connectivity index (χ4n) is 3.73.